The zero-order valence-corrected chi connectivity index (χ0v) is 14.0. The normalized spacial score (nSPS) is 13.4. The Bertz CT molecular complexity index is 667. The summed E-state index contributed by atoms with van der Waals surface area (Å²) in [6.45, 7) is 8.91. The van der Waals surface area contributed by atoms with E-state index in [9.17, 15) is 13.2 Å². The van der Waals surface area contributed by atoms with Crippen LogP contribution >= 0.6 is 0 Å². The number of hydrogen-bond donors (Lipinski definition) is 0. The Morgan fingerprint density at radius 1 is 1.18 bits per heavy atom. The van der Waals surface area contributed by atoms with E-state index < -0.39 is 25.5 Å². The first kappa shape index (κ1) is 16.8. The highest BCUT2D eigenvalue weighted by atomic mass is 28.3. The summed E-state index contributed by atoms with van der Waals surface area (Å²) in [6, 6.07) is 2.06. The van der Waals surface area contributed by atoms with Crippen molar-refractivity contribution < 1.29 is 17.9 Å². The fourth-order valence-electron chi connectivity index (χ4n) is 1.74. The lowest BCUT2D eigenvalue weighted by molar-refractivity contribution is 0.0566. The molecule has 3 nitrogen and oxygen atoms in total. The highest BCUT2D eigenvalue weighted by Gasteiger charge is 2.23. The molecule has 2 aromatic rings. The third kappa shape index (κ3) is 3.59. The first-order valence-electron chi connectivity index (χ1n) is 6.97. The third-order valence-electron chi connectivity index (χ3n) is 3.64. The molecular weight excluding hydrogens is 309 g/mol. The number of ether oxygens (including phenoxy) is 1. The van der Waals surface area contributed by atoms with Crippen LogP contribution in [0.3, 0.4) is 0 Å². The van der Waals surface area contributed by atoms with Gasteiger partial charge in [-0.15, -0.1) is 0 Å². The van der Waals surface area contributed by atoms with Gasteiger partial charge < -0.3 is 9.30 Å². The SMILES string of the molecule is CC(OCn1cnc(-c2ccc(F)c(F)c2F)c1)[Si](C)(C)C. The second-order valence-corrected chi connectivity index (χ2v) is 11.8. The molecule has 0 fully saturated rings. The lowest BCUT2D eigenvalue weighted by atomic mass is 10.1. The van der Waals surface area contributed by atoms with Gasteiger partial charge in [0.1, 0.15) is 6.73 Å². The second kappa shape index (κ2) is 6.25. The molecule has 0 aliphatic rings. The van der Waals surface area contributed by atoms with Gasteiger partial charge in [-0.05, 0) is 19.1 Å². The van der Waals surface area contributed by atoms with Crippen LogP contribution < -0.4 is 0 Å². The van der Waals surface area contributed by atoms with Gasteiger partial charge in [-0.25, -0.2) is 18.2 Å². The summed E-state index contributed by atoms with van der Waals surface area (Å²) >= 11 is 0. The van der Waals surface area contributed by atoms with Crippen LogP contribution in [0.4, 0.5) is 13.2 Å². The molecule has 22 heavy (non-hydrogen) atoms. The third-order valence-corrected chi connectivity index (χ3v) is 6.24. The largest absolute Gasteiger partial charge is 0.361 e. The average Bonchev–Trinajstić information content (AvgIpc) is 2.90. The van der Waals surface area contributed by atoms with E-state index in [1.807, 2.05) is 6.92 Å². The first-order valence-corrected chi connectivity index (χ1v) is 10.5. The number of hydrogen-bond acceptors (Lipinski definition) is 2. The van der Waals surface area contributed by atoms with Gasteiger partial charge in [0.25, 0.3) is 0 Å². The summed E-state index contributed by atoms with van der Waals surface area (Å²) in [5.74, 6) is -3.94. The summed E-state index contributed by atoms with van der Waals surface area (Å²) in [4.78, 5) is 4.02. The van der Waals surface area contributed by atoms with Crippen molar-refractivity contribution in [2.45, 2.75) is 39.0 Å². The molecule has 0 spiro atoms. The van der Waals surface area contributed by atoms with Gasteiger partial charge in [0.2, 0.25) is 0 Å². The molecular formula is C15H19F3N2OSi. The highest BCUT2D eigenvalue weighted by Crippen LogP contribution is 2.24. The molecule has 1 atom stereocenters. The predicted octanol–water partition coefficient (Wildman–Crippen LogP) is 4.21. The number of halogens is 3. The van der Waals surface area contributed by atoms with Crippen LogP contribution in [0.5, 0.6) is 0 Å². The van der Waals surface area contributed by atoms with Crippen molar-refractivity contribution in [3.05, 3.63) is 42.1 Å². The molecule has 1 heterocycles. The summed E-state index contributed by atoms with van der Waals surface area (Å²) in [5, 5.41) is 0. The zero-order valence-electron chi connectivity index (χ0n) is 13.0. The molecule has 0 aliphatic carbocycles. The van der Waals surface area contributed by atoms with Crippen molar-refractivity contribution in [3.63, 3.8) is 0 Å². The van der Waals surface area contributed by atoms with Crippen LogP contribution in [0.25, 0.3) is 11.3 Å². The standard InChI is InChI=1S/C15H19F3N2OSi/c1-10(22(2,3)4)21-9-20-7-13(19-8-20)11-5-6-12(16)15(18)14(11)17/h5-8,10H,9H2,1-4H3. The van der Waals surface area contributed by atoms with E-state index in [0.717, 1.165) is 6.07 Å². The second-order valence-electron chi connectivity index (χ2n) is 6.30. The van der Waals surface area contributed by atoms with E-state index in [4.69, 9.17) is 4.74 Å². The van der Waals surface area contributed by atoms with Crippen LogP contribution in [-0.2, 0) is 11.5 Å². The zero-order chi connectivity index (χ0) is 16.5. The predicted molar refractivity (Wildman–Crippen MR) is 81.4 cm³/mol. The summed E-state index contributed by atoms with van der Waals surface area (Å²) < 4.78 is 47.4. The summed E-state index contributed by atoms with van der Waals surface area (Å²) in [7, 11) is -1.40. The van der Waals surface area contributed by atoms with Crippen molar-refractivity contribution in [1.82, 2.24) is 9.55 Å². The van der Waals surface area contributed by atoms with Crippen molar-refractivity contribution in [1.29, 1.82) is 0 Å². The van der Waals surface area contributed by atoms with Crippen LogP contribution in [0.1, 0.15) is 6.92 Å². The lowest BCUT2D eigenvalue weighted by Gasteiger charge is -2.25. The van der Waals surface area contributed by atoms with Crippen LogP contribution in [0.15, 0.2) is 24.7 Å². The number of nitrogens with zero attached hydrogens (tertiary/aromatic N) is 2. The van der Waals surface area contributed by atoms with Crippen molar-refractivity contribution >= 4 is 8.07 Å². The minimum Gasteiger partial charge on any atom is -0.361 e. The molecule has 0 bridgehead atoms. The van der Waals surface area contributed by atoms with Gasteiger partial charge in [-0.3, -0.25) is 0 Å². The molecule has 7 heteroatoms. The van der Waals surface area contributed by atoms with Crippen LogP contribution in [-0.4, -0.2) is 23.4 Å². The van der Waals surface area contributed by atoms with E-state index in [1.165, 1.54) is 12.4 Å². The minimum absolute atomic E-state index is 0.0732. The molecule has 0 saturated carbocycles. The monoisotopic (exact) mass is 328 g/mol. The van der Waals surface area contributed by atoms with Gasteiger partial charge in [0, 0.05) is 17.5 Å². The van der Waals surface area contributed by atoms with Gasteiger partial charge in [-0.1, -0.05) is 19.6 Å². The number of benzene rings is 1. The van der Waals surface area contributed by atoms with E-state index in [2.05, 4.69) is 24.6 Å². The van der Waals surface area contributed by atoms with E-state index in [1.54, 1.807) is 10.8 Å². The van der Waals surface area contributed by atoms with Gasteiger partial charge in [-0.2, -0.15) is 0 Å². The molecule has 1 unspecified atom stereocenters. The molecule has 1 aromatic carbocycles. The smallest absolute Gasteiger partial charge is 0.195 e. The number of imidazole rings is 1. The maximum atomic E-state index is 13.7. The molecule has 0 amide bonds. The van der Waals surface area contributed by atoms with E-state index in [0.29, 0.717) is 0 Å². The quantitative estimate of drug-likeness (QED) is 0.607. The molecule has 0 saturated heterocycles. The topological polar surface area (TPSA) is 27.1 Å². The first-order chi connectivity index (χ1) is 10.2. The highest BCUT2D eigenvalue weighted by molar-refractivity contribution is 6.77. The Hall–Kier alpha value is -1.60. The molecule has 120 valence electrons. The summed E-state index contributed by atoms with van der Waals surface area (Å²) in [6.07, 6.45) is 3.03. The minimum atomic E-state index is -1.49. The average molecular weight is 328 g/mol. The molecule has 0 N–H and O–H groups in total. The Morgan fingerprint density at radius 3 is 2.50 bits per heavy atom. The Kier molecular flexibility index (Phi) is 4.77. The maximum Gasteiger partial charge on any atom is 0.195 e. The lowest BCUT2D eigenvalue weighted by Crippen LogP contribution is -2.38. The van der Waals surface area contributed by atoms with Crippen molar-refractivity contribution in [3.8, 4) is 11.3 Å². The van der Waals surface area contributed by atoms with Crippen LogP contribution in [0.2, 0.25) is 19.6 Å². The van der Waals surface area contributed by atoms with Crippen molar-refractivity contribution in [2.24, 2.45) is 0 Å². The molecule has 1 aromatic heterocycles. The fourth-order valence-corrected chi connectivity index (χ4v) is 2.32. The fraction of sp³-hybridized carbons (Fsp3) is 0.400. The van der Waals surface area contributed by atoms with Crippen LogP contribution in [0, 0.1) is 17.5 Å². The summed E-state index contributed by atoms with van der Waals surface area (Å²) in [5.41, 5.74) is 0.315. The Balaban J connectivity index is 2.14. The van der Waals surface area contributed by atoms with Gasteiger partial charge >= 0.3 is 0 Å². The van der Waals surface area contributed by atoms with E-state index in [-0.39, 0.29) is 23.7 Å². The Morgan fingerprint density at radius 2 is 1.86 bits per heavy atom. The number of aromatic nitrogens is 2. The molecule has 2 rings (SSSR count). The van der Waals surface area contributed by atoms with Gasteiger partial charge in [0.15, 0.2) is 17.5 Å². The Labute approximate surface area is 128 Å². The van der Waals surface area contributed by atoms with E-state index >= 15 is 0 Å². The van der Waals surface area contributed by atoms with Gasteiger partial charge in [0.05, 0.1) is 20.1 Å². The maximum absolute atomic E-state index is 13.7. The molecule has 0 radical (unpaired) electrons. The number of rotatable bonds is 5. The molecule has 0 aliphatic heterocycles. The van der Waals surface area contributed by atoms with Crippen molar-refractivity contribution in [2.75, 3.05) is 0 Å².